The van der Waals surface area contributed by atoms with Crippen molar-refractivity contribution in [1.29, 1.82) is 0 Å². The number of nitrogens with zero attached hydrogens (tertiary/aromatic N) is 4. The lowest BCUT2D eigenvalue weighted by Gasteiger charge is -2.09. The molecule has 3 aromatic rings. The van der Waals surface area contributed by atoms with Gasteiger partial charge in [-0.15, -0.1) is 5.10 Å². The van der Waals surface area contributed by atoms with E-state index in [-0.39, 0.29) is 0 Å². The van der Waals surface area contributed by atoms with Crippen LogP contribution >= 0.6 is 0 Å². The summed E-state index contributed by atoms with van der Waals surface area (Å²) in [6.07, 6.45) is 3.72. The number of hydrogen-bond acceptors (Lipinski definition) is 4. The van der Waals surface area contributed by atoms with Crippen molar-refractivity contribution in [3.8, 4) is 0 Å². The van der Waals surface area contributed by atoms with Crippen molar-refractivity contribution < 1.29 is 0 Å². The molecular formula is C14H15N5. The maximum Gasteiger partial charge on any atom is 0.156 e. The third-order valence-electron chi connectivity index (χ3n) is 3.06. The Balaban J connectivity index is 1.79. The van der Waals surface area contributed by atoms with E-state index in [4.69, 9.17) is 0 Å². The average Bonchev–Trinajstić information content (AvgIpc) is 2.95. The van der Waals surface area contributed by atoms with Crippen LogP contribution in [0.2, 0.25) is 0 Å². The van der Waals surface area contributed by atoms with Crippen LogP contribution in [-0.4, -0.2) is 26.5 Å². The summed E-state index contributed by atoms with van der Waals surface area (Å²) in [5.41, 5.74) is 0.952. The van der Waals surface area contributed by atoms with Gasteiger partial charge in [0, 0.05) is 29.7 Å². The fourth-order valence-electron chi connectivity index (χ4n) is 2.09. The van der Waals surface area contributed by atoms with Crippen molar-refractivity contribution in [3.63, 3.8) is 0 Å². The summed E-state index contributed by atoms with van der Waals surface area (Å²) in [6, 6.07) is 10.1. The lowest BCUT2D eigenvalue weighted by molar-refractivity contribution is 0.637. The van der Waals surface area contributed by atoms with E-state index in [1.807, 2.05) is 36.0 Å². The number of anilines is 1. The van der Waals surface area contributed by atoms with Gasteiger partial charge in [-0.25, -0.2) is 0 Å². The summed E-state index contributed by atoms with van der Waals surface area (Å²) < 4.78 is 1.89. The van der Waals surface area contributed by atoms with Gasteiger partial charge >= 0.3 is 0 Å². The summed E-state index contributed by atoms with van der Waals surface area (Å²) in [7, 11) is 0. The number of hydrogen-bond donors (Lipinski definition) is 1. The van der Waals surface area contributed by atoms with Crippen LogP contribution in [0.15, 0.2) is 42.7 Å². The highest BCUT2D eigenvalue weighted by molar-refractivity contribution is 5.92. The molecule has 0 aliphatic heterocycles. The Morgan fingerprint density at radius 2 is 1.95 bits per heavy atom. The van der Waals surface area contributed by atoms with Gasteiger partial charge < -0.3 is 5.32 Å². The van der Waals surface area contributed by atoms with E-state index in [0.717, 1.165) is 35.4 Å². The molecule has 0 aliphatic carbocycles. The van der Waals surface area contributed by atoms with E-state index < -0.39 is 0 Å². The van der Waals surface area contributed by atoms with Crippen LogP contribution in [-0.2, 0) is 6.54 Å². The monoisotopic (exact) mass is 253 g/mol. The highest BCUT2D eigenvalue weighted by Crippen LogP contribution is 2.21. The molecule has 0 saturated heterocycles. The average molecular weight is 253 g/mol. The number of benzene rings is 1. The summed E-state index contributed by atoms with van der Waals surface area (Å²) >= 11 is 0. The molecule has 19 heavy (non-hydrogen) atoms. The summed E-state index contributed by atoms with van der Waals surface area (Å²) in [6.45, 7) is 3.54. The van der Waals surface area contributed by atoms with Crippen LogP contribution in [0, 0.1) is 6.92 Å². The Bertz CT molecular complexity index is 675. The molecule has 3 rings (SSSR count). The molecule has 0 radical (unpaired) electrons. The largest absolute Gasteiger partial charge is 0.366 e. The van der Waals surface area contributed by atoms with Gasteiger partial charge in [0.2, 0.25) is 0 Å². The molecule has 5 heteroatoms. The number of fused-ring (bicyclic) bond motifs is 1. The zero-order valence-corrected chi connectivity index (χ0v) is 10.7. The van der Waals surface area contributed by atoms with Crippen LogP contribution in [0.4, 0.5) is 5.82 Å². The van der Waals surface area contributed by atoms with Crippen LogP contribution in [0.5, 0.6) is 0 Å². The molecule has 1 aromatic carbocycles. The van der Waals surface area contributed by atoms with E-state index in [9.17, 15) is 0 Å². The minimum atomic E-state index is 0.767. The second-order valence-corrected chi connectivity index (χ2v) is 4.38. The van der Waals surface area contributed by atoms with Crippen LogP contribution < -0.4 is 5.32 Å². The minimum Gasteiger partial charge on any atom is -0.366 e. The van der Waals surface area contributed by atoms with Gasteiger partial charge in [-0.1, -0.05) is 24.3 Å². The van der Waals surface area contributed by atoms with Gasteiger partial charge in [0.25, 0.3) is 0 Å². The lowest BCUT2D eigenvalue weighted by Crippen LogP contribution is -2.12. The Hall–Kier alpha value is -2.43. The molecule has 96 valence electrons. The van der Waals surface area contributed by atoms with Crippen LogP contribution in [0.3, 0.4) is 0 Å². The van der Waals surface area contributed by atoms with Crippen molar-refractivity contribution in [2.75, 3.05) is 11.9 Å². The molecule has 0 aliphatic rings. The Morgan fingerprint density at radius 3 is 2.74 bits per heavy atom. The molecule has 5 nitrogen and oxygen atoms in total. The van der Waals surface area contributed by atoms with Gasteiger partial charge in [0.05, 0.1) is 12.2 Å². The van der Waals surface area contributed by atoms with Crippen LogP contribution in [0.25, 0.3) is 10.8 Å². The highest BCUT2D eigenvalue weighted by Gasteiger charge is 2.05. The SMILES string of the molecule is Cc1nnc(NCCn2cccn2)c2ccccc12. The third-order valence-corrected chi connectivity index (χ3v) is 3.06. The summed E-state index contributed by atoms with van der Waals surface area (Å²) in [4.78, 5) is 0. The number of aromatic nitrogens is 4. The molecule has 0 unspecified atom stereocenters. The van der Waals surface area contributed by atoms with Gasteiger partial charge in [-0.05, 0) is 13.0 Å². The maximum absolute atomic E-state index is 4.23. The van der Waals surface area contributed by atoms with E-state index in [1.165, 1.54) is 0 Å². The molecule has 0 spiro atoms. The summed E-state index contributed by atoms with van der Waals surface area (Å²) in [5.74, 6) is 0.827. The van der Waals surface area contributed by atoms with Gasteiger partial charge in [-0.3, -0.25) is 4.68 Å². The molecule has 0 bridgehead atoms. The standard InChI is InChI=1S/C14H15N5/c1-11-12-5-2-3-6-13(12)14(18-17-11)15-8-10-19-9-4-7-16-19/h2-7,9H,8,10H2,1H3,(H,15,18). The minimum absolute atomic E-state index is 0.767. The van der Waals surface area contributed by atoms with Crippen molar-refractivity contribution >= 4 is 16.6 Å². The molecule has 0 amide bonds. The molecule has 0 atom stereocenters. The first-order valence-corrected chi connectivity index (χ1v) is 6.28. The smallest absolute Gasteiger partial charge is 0.156 e. The lowest BCUT2D eigenvalue weighted by atomic mass is 10.1. The Kier molecular flexibility index (Phi) is 3.10. The van der Waals surface area contributed by atoms with Crippen LogP contribution in [0.1, 0.15) is 5.69 Å². The van der Waals surface area contributed by atoms with E-state index in [2.05, 4.69) is 32.7 Å². The van der Waals surface area contributed by atoms with Crippen molar-refractivity contribution in [3.05, 3.63) is 48.4 Å². The first-order valence-electron chi connectivity index (χ1n) is 6.28. The highest BCUT2D eigenvalue weighted by atomic mass is 15.3. The van der Waals surface area contributed by atoms with E-state index in [1.54, 1.807) is 6.20 Å². The van der Waals surface area contributed by atoms with E-state index in [0.29, 0.717) is 0 Å². The molecule has 2 heterocycles. The normalized spacial score (nSPS) is 10.8. The quantitative estimate of drug-likeness (QED) is 0.774. The topological polar surface area (TPSA) is 55.6 Å². The predicted molar refractivity (Wildman–Crippen MR) is 75.0 cm³/mol. The Labute approximate surface area is 111 Å². The van der Waals surface area contributed by atoms with Gasteiger partial charge in [0.1, 0.15) is 0 Å². The molecule has 1 N–H and O–H groups in total. The number of aryl methyl sites for hydroxylation is 1. The van der Waals surface area contributed by atoms with Crippen molar-refractivity contribution in [2.24, 2.45) is 0 Å². The van der Waals surface area contributed by atoms with Gasteiger partial charge in [0.15, 0.2) is 5.82 Å². The Morgan fingerprint density at radius 1 is 1.11 bits per heavy atom. The van der Waals surface area contributed by atoms with Gasteiger partial charge in [-0.2, -0.15) is 10.2 Å². The first-order chi connectivity index (χ1) is 9.34. The number of rotatable bonds is 4. The third kappa shape index (κ3) is 2.40. The van der Waals surface area contributed by atoms with Crippen molar-refractivity contribution in [1.82, 2.24) is 20.0 Å². The zero-order valence-electron chi connectivity index (χ0n) is 10.7. The fraction of sp³-hybridized carbons (Fsp3) is 0.214. The van der Waals surface area contributed by atoms with E-state index >= 15 is 0 Å². The molecule has 0 fully saturated rings. The second kappa shape index (κ2) is 5.06. The van der Waals surface area contributed by atoms with Crippen molar-refractivity contribution in [2.45, 2.75) is 13.5 Å². The summed E-state index contributed by atoms with van der Waals surface area (Å²) in [5, 5.41) is 18.2. The first kappa shape index (κ1) is 11.6. The second-order valence-electron chi connectivity index (χ2n) is 4.38. The number of nitrogens with one attached hydrogen (secondary N) is 1. The molecule has 0 saturated carbocycles. The maximum atomic E-state index is 4.23. The fourth-order valence-corrected chi connectivity index (χ4v) is 2.09. The molecule has 2 aromatic heterocycles. The predicted octanol–water partition coefficient (Wildman–Crippen LogP) is 2.25. The zero-order chi connectivity index (χ0) is 13.1. The molecular weight excluding hydrogens is 238 g/mol.